The molecular formula is C16H15BrN4O3S. The minimum absolute atomic E-state index is 0.165. The molecule has 0 aromatic carbocycles. The van der Waals surface area contributed by atoms with Crippen LogP contribution >= 0.6 is 27.3 Å². The van der Waals surface area contributed by atoms with Gasteiger partial charge in [0.1, 0.15) is 10.7 Å². The third-order valence-corrected chi connectivity index (χ3v) is 5.36. The maximum absolute atomic E-state index is 12.9. The fourth-order valence-electron chi connectivity index (χ4n) is 2.25. The standard InChI is InChI=1S/C16H15BrN4O3S/c17-12(15-19-5-10-25-15)13(16(23)21-6-8-24-9-7-21)20-14(22)11-1-3-18-4-2-11/h1-5,10H,6-9H2,(H,20,22)/b13-12+. The number of rotatable bonds is 4. The zero-order valence-corrected chi connectivity index (χ0v) is 15.5. The van der Waals surface area contributed by atoms with Gasteiger partial charge >= 0.3 is 0 Å². The van der Waals surface area contributed by atoms with Gasteiger partial charge in [0, 0.05) is 42.6 Å². The number of carbonyl (C=O) groups is 2. The first-order chi connectivity index (χ1) is 12.2. The predicted octanol–water partition coefficient (Wildman–Crippen LogP) is 1.89. The molecule has 9 heteroatoms. The Morgan fingerprint density at radius 2 is 1.92 bits per heavy atom. The van der Waals surface area contributed by atoms with E-state index in [0.717, 1.165) is 0 Å². The fourth-order valence-corrected chi connectivity index (χ4v) is 3.48. The van der Waals surface area contributed by atoms with Crippen molar-refractivity contribution in [2.75, 3.05) is 26.3 Å². The molecule has 0 atom stereocenters. The van der Waals surface area contributed by atoms with Crippen LogP contribution in [-0.2, 0) is 9.53 Å². The first kappa shape index (κ1) is 17.7. The first-order valence-electron chi connectivity index (χ1n) is 7.55. The summed E-state index contributed by atoms with van der Waals surface area (Å²) in [5, 5.41) is 5.14. The molecular weight excluding hydrogens is 408 g/mol. The number of ether oxygens (including phenoxy) is 1. The maximum Gasteiger partial charge on any atom is 0.271 e. The van der Waals surface area contributed by atoms with Crippen molar-refractivity contribution in [3.63, 3.8) is 0 Å². The smallest absolute Gasteiger partial charge is 0.271 e. The van der Waals surface area contributed by atoms with Crippen LogP contribution in [-0.4, -0.2) is 53.0 Å². The topological polar surface area (TPSA) is 84.4 Å². The van der Waals surface area contributed by atoms with Crippen molar-refractivity contribution in [3.8, 4) is 0 Å². The lowest BCUT2D eigenvalue weighted by Crippen LogP contribution is -2.44. The number of hydrogen-bond donors (Lipinski definition) is 1. The summed E-state index contributed by atoms with van der Waals surface area (Å²) in [7, 11) is 0. The summed E-state index contributed by atoms with van der Waals surface area (Å²) in [4.78, 5) is 35.2. The molecule has 0 saturated carbocycles. The number of carbonyl (C=O) groups excluding carboxylic acids is 2. The van der Waals surface area contributed by atoms with Crippen LogP contribution in [0.25, 0.3) is 4.48 Å². The predicted molar refractivity (Wildman–Crippen MR) is 97.1 cm³/mol. The highest BCUT2D eigenvalue weighted by Gasteiger charge is 2.26. The van der Waals surface area contributed by atoms with Crippen LogP contribution in [0.3, 0.4) is 0 Å². The minimum Gasteiger partial charge on any atom is -0.378 e. The van der Waals surface area contributed by atoms with E-state index in [-0.39, 0.29) is 17.5 Å². The number of morpholine rings is 1. The lowest BCUT2D eigenvalue weighted by Gasteiger charge is -2.28. The second kappa shape index (κ2) is 8.32. The molecule has 1 saturated heterocycles. The van der Waals surface area contributed by atoms with Gasteiger partial charge < -0.3 is 15.0 Å². The number of halogens is 1. The van der Waals surface area contributed by atoms with Crippen LogP contribution < -0.4 is 5.32 Å². The fraction of sp³-hybridized carbons (Fsp3) is 0.250. The zero-order chi connectivity index (χ0) is 17.6. The van der Waals surface area contributed by atoms with E-state index in [2.05, 4.69) is 31.2 Å². The van der Waals surface area contributed by atoms with E-state index >= 15 is 0 Å². The van der Waals surface area contributed by atoms with Gasteiger partial charge in [0.2, 0.25) is 0 Å². The van der Waals surface area contributed by atoms with E-state index in [1.165, 1.54) is 23.7 Å². The molecule has 25 heavy (non-hydrogen) atoms. The van der Waals surface area contributed by atoms with Crippen LogP contribution in [0.1, 0.15) is 15.4 Å². The van der Waals surface area contributed by atoms with Crippen LogP contribution in [0.5, 0.6) is 0 Å². The maximum atomic E-state index is 12.9. The minimum atomic E-state index is -0.382. The molecule has 1 aliphatic heterocycles. The Kier molecular flexibility index (Phi) is 5.90. The van der Waals surface area contributed by atoms with Crippen molar-refractivity contribution in [1.29, 1.82) is 0 Å². The third kappa shape index (κ3) is 4.30. The number of nitrogens with zero attached hydrogens (tertiary/aromatic N) is 3. The highest BCUT2D eigenvalue weighted by molar-refractivity contribution is 9.15. The summed E-state index contributed by atoms with van der Waals surface area (Å²) in [5.74, 6) is -0.653. The van der Waals surface area contributed by atoms with Gasteiger partial charge in [0.25, 0.3) is 11.8 Å². The molecule has 0 radical (unpaired) electrons. The van der Waals surface area contributed by atoms with Gasteiger partial charge in [0.15, 0.2) is 0 Å². The molecule has 0 unspecified atom stereocenters. The first-order valence-corrected chi connectivity index (χ1v) is 9.22. The second-order valence-corrected chi connectivity index (χ2v) is 6.81. The molecule has 130 valence electrons. The number of thiazole rings is 1. The Bertz CT molecular complexity index is 774. The van der Waals surface area contributed by atoms with E-state index in [1.807, 2.05) is 0 Å². The molecule has 3 heterocycles. The lowest BCUT2D eigenvalue weighted by molar-refractivity contribution is -0.131. The summed E-state index contributed by atoms with van der Waals surface area (Å²) < 4.78 is 5.75. The van der Waals surface area contributed by atoms with Crippen LogP contribution in [0.2, 0.25) is 0 Å². The molecule has 1 N–H and O–H groups in total. The zero-order valence-electron chi connectivity index (χ0n) is 13.1. The van der Waals surface area contributed by atoms with Gasteiger partial charge in [0.05, 0.1) is 17.7 Å². The number of nitrogens with one attached hydrogen (secondary N) is 1. The highest BCUT2D eigenvalue weighted by Crippen LogP contribution is 2.27. The summed E-state index contributed by atoms with van der Waals surface area (Å²) in [5.41, 5.74) is 0.584. The molecule has 0 aliphatic carbocycles. The molecule has 2 aromatic rings. The van der Waals surface area contributed by atoms with Gasteiger partial charge in [-0.2, -0.15) is 0 Å². The summed E-state index contributed by atoms with van der Waals surface area (Å²) in [6.07, 6.45) is 4.69. The van der Waals surface area contributed by atoms with Crippen molar-refractivity contribution in [3.05, 3.63) is 52.4 Å². The van der Waals surface area contributed by atoms with E-state index in [9.17, 15) is 9.59 Å². The van der Waals surface area contributed by atoms with Gasteiger partial charge in [-0.25, -0.2) is 4.98 Å². The summed E-state index contributed by atoms with van der Waals surface area (Å²) in [6, 6.07) is 3.17. The van der Waals surface area contributed by atoms with Crippen molar-refractivity contribution < 1.29 is 14.3 Å². The molecule has 0 spiro atoms. The van der Waals surface area contributed by atoms with Crippen LogP contribution in [0, 0.1) is 0 Å². The normalized spacial score (nSPS) is 15.5. The van der Waals surface area contributed by atoms with Gasteiger partial charge in [-0.3, -0.25) is 14.6 Å². The Morgan fingerprint density at radius 3 is 2.56 bits per heavy atom. The summed E-state index contributed by atoms with van der Waals surface area (Å²) in [6.45, 7) is 1.91. The third-order valence-electron chi connectivity index (χ3n) is 3.53. The quantitative estimate of drug-likeness (QED) is 0.760. The van der Waals surface area contributed by atoms with Gasteiger partial charge in [-0.1, -0.05) is 0 Å². The number of hydrogen-bond acceptors (Lipinski definition) is 6. The van der Waals surface area contributed by atoms with E-state index in [1.54, 1.807) is 28.6 Å². The molecule has 7 nitrogen and oxygen atoms in total. The highest BCUT2D eigenvalue weighted by atomic mass is 79.9. The Hall–Kier alpha value is -2.10. The van der Waals surface area contributed by atoms with Gasteiger partial charge in [-0.05, 0) is 28.1 Å². The average Bonchev–Trinajstić information content (AvgIpc) is 3.21. The SMILES string of the molecule is O=C(N/C(C(=O)N1CCOCC1)=C(/Br)c1nccs1)c1ccncc1. The molecule has 2 amide bonds. The van der Waals surface area contributed by atoms with Crippen molar-refractivity contribution >= 4 is 43.6 Å². The largest absolute Gasteiger partial charge is 0.378 e. The number of aromatic nitrogens is 2. The molecule has 3 rings (SSSR count). The van der Waals surface area contributed by atoms with Crippen molar-refractivity contribution in [2.24, 2.45) is 0 Å². The van der Waals surface area contributed by atoms with Gasteiger partial charge in [-0.15, -0.1) is 11.3 Å². The molecule has 1 aliphatic rings. The number of pyridine rings is 1. The van der Waals surface area contributed by atoms with E-state index < -0.39 is 0 Å². The molecule has 0 bridgehead atoms. The molecule has 2 aromatic heterocycles. The van der Waals surface area contributed by atoms with E-state index in [4.69, 9.17) is 4.74 Å². The Morgan fingerprint density at radius 1 is 1.20 bits per heavy atom. The monoisotopic (exact) mass is 422 g/mol. The Labute approximate surface area is 156 Å². The van der Waals surface area contributed by atoms with Crippen LogP contribution in [0.15, 0.2) is 41.8 Å². The average molecular weight is 423 g/mol. The molecule has 1 fully saturated rings. The Balaban J connectivity index is 1.90. The number of amides is 2. The van der Waals surface area contributed by atoms with Crippen molar-refractivity contribution in [1.82, 2.24) is 20.2 Å². The lowest BCUT2D eigenvalue weighted by atomic mass is 10.2. The van der Waals surface area contributed by atoms with E-state index in [0.29, 0.717) is 41.4 Å². The summed E-state index contributed by atoms with van der Waals surface area (Å²) >= 11 is 4.80. The van der Waals surface area contributed by atoms with Crippen LogP contribution in [0.4, 0.5) is 0 Å². The van der Waals surface area contributed by atoms with Crippen molar-refractivity contribution in [2.45, 2.75) is 0 Å². The second-order valence-electron chi connectivity index (χ2n) is 5.12.